The number of benzene rings is 20. The highest BCUT2D eigenvalue weighted by atomic mass is 16.3. The standard InChI is InChI=1S/C56H33N3O.C41H29N3O.C39H28N2O2/c1-2-17-35(18-3-1)53-57-54(59-55(58-53)42-27-15-19-34-16-4-5-22-38(34)42)37-21-14-20-36(32-37)50-51-43-26-8-12-30-47(43)56(45-28-10-6-23-39(45)40-24-7-11-29-46(40)56)48(51)33-44-41-25-9-13-31-49(41)60-52(44)50;1-3-41(2)32-22-11-9-19-29(32)35-31(24-34-36(37(35)41)30-20-10-12-23-33(30)45-34)40-43-38(26-15-5-4-6-16-26)42-39(44-40)28-21-13-17-25-14-7-8-18-27(25)28;1-3-39(4-2)28-19-11-8-16-24(28)32-27(22-31-33(34(32)39)25-17-9-12-20-29(25)42-31)38-40-35(23-14-6-5-7-15-23)37-36(41-38)26-18-10-13-21-30(26)43-37/h1-33H;4-24H,3H2,1-2H3;5-22H,3-4H2,1-2H3. The van der Waals surface area contributed by atoms with E-state index < -0.39 is 5.41 Å². The van der Waals surface area contributed by atoms with E-state index in [2.05, 4.69) is 380 Å². The molecule has 4 aliphatic rings. The lowest BCUT2D eigenvalue weighted by molar-refractivity contribution is 0.494. The van der Waals surface area contributed by atoms with E-state index in [-0.39, 0.29) is 10.8 Å². The number of para-hydroxylation sites is 4. The van der Waals surface area contributed by atoms with Crippen molar-refractivity contribution >= 4 is 109 Å². The minimum Gasteiger partial charge on any atom is -0.456 e. The van der Waals surface area contributed by atoms with Crippen LogP contribution in [0.4, 0.5) is 0 Å². The van der Waals surface area contributed by atoms with Crippen LogP contribution in [-0.2, 0) is 16.2 Å². The molecule has 0 amide bonds. The average molecular weight is 1900 g/mol. The molecule has 12 nitrogen and oxygen atoms in total. The van der Waals surface area contributed by atoms with Gasteiger partial charge < -0.3 is 17.7 Å². The molecule has 0 aliphatic heterocycles. The van der Waals surface area contributed by atoms with Gasteiger partial charge in [0, 0.05) is 98.6 Å². The van der Waals surface area contributed by atoms with Gasteiger partial charge in [-0.25, -0.2) is 39.9 Å². The second-order valence-corrected chi connectivity index (χ2v) is 39.4. The first kappa shape index (κ1) is 85.9. The van der Waals surface area contributed by atoms with Crippen LogP contribution in [0, 0.1) is 0 Å². The highest BCUT2D eigenvalue weighted by Gasteiger charge is 2.54. The molecule has 12 heteroatoms. The second kappa shape index (κ2) is 33.7. The fourth-order valence-electron chi connectivity index (χ4n) is 25.2. The second-order valence-electron chi connectivity index (χ2n) is 39.4. The molecule has 0 saturated heterocycles. The fourth-order valence-corrected chi connectivity index (χ4v) is 25.2. The zero-order valence-corrected chi connectivity index (χ0v) is 81.4. The quantitative estimate of drug-likeness (QED) is 0.114. The van der Waals surface area contributed by atoms with E-state index in [1.807, 2.05) is 84.9 Å². The van der Waals surface area contributed by atoms with Crippen LogP contribution in [0.1, 0.15) is 91.5 Å². The summed E-state index contributed by atoms with van der Waals surface area (Å²) < 4.78 is 26.6. The molecule has 0 N–H and O–H groups in total. The molecule has 1 unspecified atom stereocenters. The van der Waals surface area contributed by atoms with Crippen molar-refractivity contribution in [2.24, 2.45) is 0 Å². The summed E-state index contributed by atoms with van der Waals surface area (Å²) in [6.07, 6.45) is 2.91. The monoisotopic (exact) mass is 1900 g/mol. The third kappa shape index (κ3) is 12.8. The summed E-state index contributed by atoms with van der Waals surface area (Å²) in [5, 5.41) is 12.3. The van der Waals surface area contributed by atoms with E-state index in [0.29, 0.717) is 46.4 Å². The van der Waals surface area contributed by atoms with Gasteiger partial charge in [0.1, 0.15) is 50.3 Å². The zero-order valence-electron chi connectivity index (χ0n) is 81.4. The van der Waals surface area contributed by atoms with Gasteiger partial charge in [-0.05, 0) is 190 Å². The Labute approximate surface area is 852 Å². The normalized spacial score (nSPS) is 14.0. The maximum absolute atomic E-state index is 6.97. The predicted molar refractivity (Wildman–Crippen MR) is 600 cm³/mol. The number of hydrogen-bond donors (Lipinski definition) is 0. The van der Waals surface area contributed by atoms with Crippen LogP contribution in [0.3, 0.4) is 0 Å². The van der Waals surface area contributed by atoms with Crippen molar-refractivity contribution in [2.75, 3.05) is 0 Å². The van der Waals surface area contributed by atoms with E-state index in [1.54, 1.807) is 0 Å². The largest absolute Gasteiger partial charge is 0.456 e. The summed E-state index contributed by atoms with van der Waals surface area (Å²) in [6, 6.07) is 153. The maximum Gasteiger partial charge on any atom is 0.180 e. The van der Waals surface area contributed by atoms with Crippen LogP contribution in [0.5, 0.6) is 0 Å². The lowest BCUT2D eigenvalue weighted by Gasteiger charge is -2.30. The third-order valence-corrected chi connectivity index (χ3v) is 32.0. The van der Waals surface area contributed by atoms with Crippen molar-refractivity contribution in [3.05, 3.63) is 481 Å². The Morgan fingerprint density at radius 2 is 0.574 bits per heavy atom. The molecule has 1 spiro atoms. The van der Waals surface area contributed by atoms with E-state index in [1.165, 1.54) is 99.8 Å². The van der Waals surface area contributed by atoms with Crippen molar-refractivity contribution in [3.8, 4) is 147 Å². The van der Waals surface area contributed by atoms with E-state index >= 15 is 0 Å². The Morgan fingerprint density at radius 1 is 0.209 bits per heavy atom. The molecule has 0 bridgehead atoms. The average Bonchev–Trinajstić information content (AvgIpc) is 1.49. The SMILES string of the molecule is CCC1(C)c2ccccc2-c2c(-c3nc(-c4ccccc4)nc(-c4cccc5ccccc45)n3)cc3oc4ccccc4c3c21.CCC1(CC)c2ccccc2-c2c(-c3nc(-c4ccccc4)c4oc5ccccc5c4n3)cc3oc4ccccc4c3c21.c1ccc(-c2nc(-c3cccc(-c4c5c(cc6c4oc4ccccc46)C4(c6ccccc6-c6ccccc64)c4ccccc4-5)c3)nc(-c3cccc4ccccc34)n2)cc1. The topological polar surface area (TPSA) is 156 Å². The minimum absolute atomic E-state index is 0.151. The molecule has 0 saturated carbocycles. The zero-order chi connectivity index (χ0) is 98.2. The van der Waals surface area contributed by atoms with Gasteiger partial charge in [0.05, 0.1) is 5.41 Å². The highest BCUT2D eigenvalue weighted by Crippen LogP contribution is 2.67. The number of aromatic nitrogens is 8. The molecule has 0 fully saturated rings. The molecule has 4 aliphatic carbocycles. The summed E-state index contributed by atoms with van der Waals surface area (Å²) in [5.74, 6) is 4.48. The number of hydrogen-bond acceptors (Lipinski definition) is 12. The lowest BCUT2D eigenvalue weighted by Crippen LogP contribution is -2.25. The van der Waals surface area contributed by atoms with Crippen LogP contribution >= 0.6 is 0 Å². The lowest BCUT2D eigenvalue weighted by atomic mass is 9.70. The van der Waals surface area contributed by atoms with Crippen LogP contribution < -0.4 is 0 Å². The smallest absolute Gasteiger partial charge is 0.180 e. The molecule has 1 atom stereocenters. The first-order chi connectivity index (χ1) is 73.1. The summed E-state index contributed by atoms with van der Waals surface area (Å²) >= 11 is 0. The summed E-state index contributed by atoms with van der Waals surface area (Å²) in [6.45, 7) is 9.27. The van der Waals surface area contributed by atoms with Gasteiger partial charge in [0.25, 0.3) is 0 Å². The molecule has 7 aromatic heterocycles. The Bertz CT molecular complexity index is 10100. The van der Waals surface area contributed by atoms with Crippen molar-refractivity contribution in [3.63, 3.8) is 0 Å². The van der Waals surface area contributed by atoms with Crippen molar-refractivity contribution in [1.82, 2.24) is 39.9 Å². The molecule has 0 radical (unpaired) electrons. The molecule has 148 heavy (non-hydrogen) atoms. The summed E-state index contributed by atoms with van der Waals surface area (Å²) in [5.41, 5.74) is 37.6. The molecule has 27 aromatic rings. The van der Waals surface area contributed by atoms with Crippen molar-refractivity contribution in [2.45, 2.75) is 63.2 Å². The van der Waals surface area contributed by atoms with Gasteiger partial charge >= 0.3 is 0 Å². The third-order valence-electron chi connectivity index (χ3n) is 32.0. The van der Waals surface area contributed by atoms with E-state index in [0.717, 1.165) is 174 Å². The van der Waals surface area contributed by atoms with Crippen molar-refractivity contribution < 1.29 is 17.7 Å². The minimum atomic E-state index is -0.510. The molecule has 7 heterocycles. The summed E-state index contributed by atoms with van der Waals surface area (Å²) in [7, 11) is 0. The number of furan rings is 4. The molecular formula is C136H90N8O4. The van der Waals surface area contributed by atoms with Crippen LogP contribution in [-0.4, -0.2) is 39.9 Å². The maximum atomic E-state index is 6.97. The van der Waals surface area contributed by atoms with Crippen molar-refractivity contribution in [1.29, 1.82) is 0 Å². The van der Waals surface area contributed by atoms with Gasteiger partial charge in [-0.3, -0.25) is 0 Å². The Hall–Kier alpha value is -18.8. The number of fused-ring (bicyclic) bond motifs is 32. The Balaban J connectivity index is 0.000000107. The van der Waals surface area contributed by atoms with Gasteiger partial charge in [0.2, 0.25) is 0 Å². The predicted octanol–water partition coefficient (Wildman–Crippen LogP) is 35.3. The molecule has 20 aromatic carbocycles. The van der Waals surface area contributed by atoms with Gasteiger partial charge in [-0.1, -0.05) is 410 Å². The van der Waals surface area contributed by atoms with Crippen LogP contribution in [0.15, 0.2) is 454 Å². The van der Waals surface area contributed by atoms with Gasteiger partial charge in [-0.15, -0.1) is 0 Å². The number of nitrogens with zero attached hydrogens (tertiary/aromatic N) is 8. The molecule has 31 rings (SSSR count). The Morgan fingerprint density at radius 3 is 1.13 bits per heavy atom. The van der Waals surface area contributed by atoms with Crippen LogP contribution in [0.2, 0.25) is 0 Å². The first-order valence-corrected chi connectivity index (χ1v) is 51.0. The molecular weight excluding hydrogens is 1810 g/mol. The van der Waals surface area contributed by atoms with E-state index in [4.69, 9.17) is 57.5 Å². The van der Waals surface area contributed by atoms with Gasteiger partial charge in [0.15, 0.2) is 46.4 Å². The summed E-state index contributed by atoms with van der Waals surface area (Å²) in [4.78, 5) is 41.7. The van der Waals surface area contributed by atoms with Gasteiger partial charge in [-0.2, -0.15) is 0 Å². The van der Waals surface area contributed by atoms with E-state index in [9.17, 15) is 0 Å². The highest BCUT2D eigenvalue weighted by molar-refractivity contribution is 6.19. The first-order valence-electron chi connectivity index (χ1n) is 51.0. The number of rotatable bonds is 12. The Kier molecular flexibility index (Phi) is 19.6. The fraction of sp³-hybridized carbons (Fsp3) is 0.0735. The van der Waals surface area contributed by atoms with Crippen LogP contribution in [0.25, 0.3) is 256 Å². The molecule has 698 valence electrons.